The van der Waals surface area contributed by atoms with Gasteiger partial charge in [0.15, 0.2) is 0 Å². The zero-order valence-corrected chi connectivity index (χ0v) is 9.46. The zero-order valence-electron chi connectivity index (χ0n) is 8.70. The Morgan fingerprint density at radius 2 is 2.20 bits per heavy atom. The van der Waals surface area contributed by atoms with Gasteiger partial charge in [-0.05, 0) is 43.7 Å². The molecule has 0 aromatic heterocycles. The third kappa shape index (κ3) is 2.71. The Morgan fingerprint density at radius 3 is 2.80 bits per heavy atom. The number of nitriles is 1. The predicted molar refractivity (Wildman–Crippen MR) is 60.7 cm³/mol. The van der Waals surface area contributed by atoms with E-state index in [0.717, 1.165) is 18.2 Å². The van der Waals surface area contributed by atoms with Crippen LogP contribution in [0.2, 0.25) is 5.02 Å². The summed E-state index contributed by atoms with van der Waals surface area (Å²) in [5, 5.41) is 9.47. The summed E-state index contributed by atoms with van der Waals surface area (Å²) >= 11 is 5.94. The highest BCUT2D eigenvalue weighted by Crippen LogP contribution is 2.27. The number of rotatable bonds is 3. The molecule has 1 aromatic carbocycles. The van der Waals surface area contributed by atoms with E-state index in [4.69, 9.17) is 16.9 Å². The molecule has 0 N–H and O–H groups in total. The molecular weight excluding hydrogens is 208 g/mol. The third-order valence-corrected chi connectivity index (χ3v) is 2.91. The van der Waals surface area contributed by atoms with Crippen LogP contribution in [0.3, 0.4) is 0 Å². The van der Waals surface area contributed by atoms with Crippen LogP contribution in [0.5, 0.6) is 0 Å². The maximum absolute atomic E-state index is 8.82. The van der Waals surface area contributed by atoms with Crippen LogP contribution in [0.4, 0.5) is 0 Å². The second-order valence-corrected chi connectivity index (χ2v) is 4.54. The molecule has 0 amide bonds. The van der Waals surface area contributed by atoms with Gasteiger partial charge < -0.3 is 0 Å². The van der Waals surface area contributed by atoms with Crippen LogP contribution < -0.4 is 0 Å². The van der Waals surface area contributed by atoms with Crippen LogP contribution in [-0.2, 0) is 6.54 Å². The van der Waals surface area contributed by atoms with Crippen LogP contribution >= 0.6 is 11.6 Å². The third-order valence-electron chi connectivity index (χ3n) is 2.69. The van der Waals surface area contributed by atoms with Gasteiger partial charge in [0, 0.05) is 17.6 Å². The van der Waals surface area contributed by atoms with Crippen LogP contribution in [0.15, 0.2) is 18.2 Å². The first-order chi connectivity index (χ1) is 7.19. The Bertz CT molecular complexity index is 405. The Balaban J connectivity index is 2.13. The van der Waals surface area contributed by atoms with Gasteiger partial charge in [-0.3, -0.25) is 4.90 Å². The Hall–Kier alpha value is -1.04. The molecule has 1 fully saturated rings. The van der Waals surface area contributed by atoms with Gasteiger partial charge >= 0.3 is 0 Å². The van der Waals surface area contributed by atoms with Crippen molar-refractivity contribution in [3.8, 4) is 6.07 Å². The smallest absolute Gasteiger partial charge is 0.0992 e. The fraction of sp³-hybridized carbons (Fsp3) is 0.417. The van der Waals surface area contributed by atoms with Gasteiger partial charge in [0.05, 0.1) is 11.6 Å². The number of hydrogen-bond acceptors (Lipinski definition) is 2. The van der Waals surface area contributed by atoms with E-state index in [1.54, 1.807) is 6.07 Å². The molecule has 0 bridgehead atoms. The number of benzene rings is 1. The van der Waals surface area contributed by atoms with E-state index in [0.29, 0.717) is 10.6 Å². The first kappa shape index (κ1) is 10.5. The molecule has 15 heavy (non-hydrogen) atoms. The van der Waals surface area contributed by atoms with Gasteiger partial charge in [0.1, 0.15) is 0 Å². The van der Waals surface area contributed by atoms with Gasteiger partial charge in [-0.1, -0.05) is 11.6 Å². The molecule has 0 unspecified atom stereocenters. The Kier molecular flexibility index (Phi) is 2.95. The first-order valence-corrected chi connectivity index (χ1v) is 5.46. The van der Waals surface area contributed by atoms with Crippen LogP contribution in [0, 0.1) is 11.3 Å². The average Bonchev–Trinajstić information content (AvgIpc) is 2.99. The molecule has 2 rings (SSSR count). The highest BCUT2D eigenvalue weighted by atomic mass is 35.5. The van der Waals surface area contributed by atoms with Crippen LogP contribution in [0.1, 0.15) is 24.0 Å². The fourth-order valence-corrected chi connectivity index (χ4v) is 2.00. The summed E-state index contributed by atoms with van der Waals surface area (Å²) in [5.41, 5.74) is 1.76. The molecule has 1 saturated carbocycles. The summed E-state index contributed by atoms with van der Waals surface area (Å²) in [6, 6.07) is 8.39. The summed E-state index contributed by atoms with van der Waals surface area (Å²) < 4.78 is 0. The summed E-state index contributed by atoms with van der Waals surface area (Å²) in [6.45, 7) is 0.875. The minimum atomic E-state index is 0.640. The van der Waals surface area contributed by atoms with E-state index < -0.39 is 0 Å². The largest absolute Gasteiger partial charge is 0.299 e. The van der Waals surface area contributed by atoms with Crippen molar-refractivity contribution in [2.75, 3.05) is 7.05 Å². The predicted octanol–water partition coefficient (Wildman–Crippen LogP) is 2.81. The molecule has 2 nitrogen and oxygen atoms in total. The van der Waals surface area contributed by atoms with Crippen LogP contribution in [-0.4, -0.2) is 18.0 Å². The second-order valence-electron chi connectivity index (χ2n) is 4.11. The highest BCUT2D eigenvalue weighted by molar-refractivity contribution is 6.30. The fourth-order valence-electron chi connectivity index (χ4n) is 1.74. The van der Waals surface area contributed by atoms with Crippen molar-refractivity contribution >= 4 is 11.6 Å². The van der Waals surface area contributed by atoms with E-state index in [1.165, 1.54) is 12.8 Å². The normalized spacial score (nSPS) is 15.3. The molecule has 0 aliphatic heterocycles. The lowest BCUT2D eigenvalue weighted by atomic mass is 10.1. The molecule has 0 saturated heterocycles. The lowest BCUT2D eigenvalue weighted by Crippen LogP contribution is -2.19. The Labute approximate surface area is 95.1 Å². The maximum atomic E-state index is 8.82. The number of halogens is 1. The molecule has 3 heteroatoms. The summed E-state index contributed by atoms with van der Waals surface area (Å²) in [7, 11) is 2.12. The minimum Gasteiger partial charge on any atom is -0.299 e. The highest BCUT2D eigenvalue weighted by Gasteiger charge is 2.25. The lowest BCUT2D eigenvalue weighted by Gasteiger charge is -2.15. The summed E-state index contributed by atoms with van der Waals surface area (Å²) in [4.78, 5) is 2.31. The van der Waals surface area contributed by atoms with E-state index in [2.05, 4.69) is 18.0 Å². The molecule has 78 valence electrons. The molecule has 1 aliphatic rings. The molecule has 0 spiro atoms. The van der Waals surface area contributed by atoms with Crippen molar-refractivity contribution in [1.29, 1.82) is 5.26 Å². The Morgan fingerprint density at radius 1 is 1.47 bits per heavy atom. The van der Waals surface area contributed by atoms with Crippen molar-refractivity contribution in [1.82, 2.24) is 4.90 Å². The summed E-state index contributed by atoms with van der Waals surface area (Å²) in [5.74, 6) is 0. The van der Waals surface area contributed by atoms with Crippen molar-refractivity contribution in [3.63, 3.8) is 0 Å². The van der Waals surface area contributed by atoms with Gasteiger partial charge in [-0.15, -0.1) is 0 Å². The standard InChI is InChI=1S/C12H13ClN2/c1-15(12-2-3-12)8-10-4-9(7-14)5-11(13)6-10/h4-6,12H,2-3,8H2,1H3. The lowest BCUT2D eigenvalue weighted by molar-refractivity contribution is 0.316. The van der Waals surface area contributed by atoms with Crippen molar-refractivity contribution < 1.29 is 0 Å². The maximum Gasteiger partial charge on any atom is 0.0992 e. The molecule has 0 radical (unpaired) electrons. The van der Waals surface area contributed by atoms with E-state index in [-0.39, 0.29) is 0 Å². The van der Waals surface area contributed by atoms with Crippen molar-refractivity contribution in [2.45, 2.75) is 25.4 Å². The van der Waals surface area contributed by atoms with Gasteiger partial charge in [0.2, 0.25) is 0 Å². The van der Waals surface area contributed by atoms with E-state index in [9.17, 15) is 0 Å². The monoisotopic (exact) mass is 220 g/mol. The molecule has 0 atom stereocenters. The number of hydrogen-bond donors (Lipinski definition) is 0. The van der Waals surface area contributed by atoms with Gasteiger partial charge in [-0.25, -0.2) is 0 Å². The molecule has 0 heterocycles. The first-order valence-electron chi connectivity index (χ1n) is 5.09. The van der Waals surface area contributed by atoms with Gasteiger partial charge in [0.25, 0.3) is 0 Å². The molecular formula is C12H13ClN2. The summed E-state index contributed by atoms with van der Waals surface area (Å²) in [6.07, 6.45) is 2.59. The van der Waals surface area contributed by atoms with Gasteiger partial charge in [-0.2, -0.15) is 5.26 Å². The van der Waals surface area contributed by atoms with Crippen LogP contribution in [0.25, 0.3) is 0 Å². The van der Waals surface area contributed by atoms with Crippen molar-refractivity contribution in [3.05, 3.63) is 34.3 Å². The SMILES string of the molecule is CN(Cc1cc(Cl)cc(C#N)c1)C1CC1. The minimum absolute atomic E-state index is 0.640. The molecule has 1 aliphatic carbocycles. The average molecular weight is 221 g/mol. The molecule has 1 aromatic rings. The van der Waals surface area contributed by atoms with E-state index >= 15 is 0 Å². The van der Waals surface area contributed by atoms with E-state index in [1.807, 2.05) is 12.1 Å². The number of nitrogens with zero attached hydrogens (tertiary/aromatic N) is 2. The topological polar surface area (TPSA) is 27.0 Å². The zero-order chi connectivity index (χ0) is 10.8. The second kappa shape index (κ2) is 4.22. The quantitative estimate of drug-likeness (QED) is 0.783. The van der Waals surface area contributed by atoms with Crippen molar-refractivity contribution in [2.24, 2.45) is 0 Å².